The summed E-state index contributed by atoms with van der Waals surface area (Å²) < 4.78 is 29.8. The van der Waals surface area contributed by atoms with Crippen LogP contribution >= 0.6 is 0 Å². The van der Waals surface area contributed by atoms with E-state index in [9.17, 15) is 18.0 Å². The number of hydrogen-bond donors (Lipinski definition) is 3. The van der Waals surface area contributed by atoms with Gasteiger partial charge in [-0.05, 0) is 0 Å². The Labute approximate surface area is 200 Å². The molecule has 174 valence electrons. The van der Waals surface area contributed by atoms with E-state index in [-0.39, 0.29) is 0 Å². The van der Waals surface area contributed by atoms with Gasteiger partial charge in [-0.15, -0.1) is 0 Å². The smallest absolute Gasteiger partial charge is 0.325 e. The zero-order valence-electron chi connectivity index (χ0n) is 19.1. The van der Waals surface area contributed by atoms with Crippen molar-refractivity contribution in [2.45, 2.75) is 119 Å². The van der Waals surface area contributed by atoms with Crippen LogP contribution in [0.2, 0.25) is 3.17 Å². The van der Waals surface area contributed by atoms with E-state index >= 15 is 0 Å². The summed E-state index contributed by atoms with van der Waals surface area (Å²) in [6, 6.07) is 0. The van der Waals surface area contributed by atoms with Crippen molar-refractivity contribution in [3.8, 4) is 0 Å². The molecule has 0 fully saturated rings. The zero-order valence-corrected chi connectivity index (χ0v) is 22.0. The van der Waals surface area contributed by atoms with E-state index < -0.39 is 33.7 Å². The molecular weight excluding hydrogens is 419 g/mol. The summed E-state index contributed by atoms with van der Waals surface area (Å²) in [7, 11) is -4.84. The third-order valence-electron chi connectivity index (χ3n) is 5.10. The molecular formula is C21H41NaO7S. The molecule has 30 heavy (non-hydrogen) atoms. The minimum Gasteiger partial charge on any atom is -0.481 e. The van der Waals surface area contributed by atoms with Gasteiger partial charge in [0.1, 0.15) is 0 Å². The molecule has 0 heterocycles. The van der Waals surface area contributed by atoms with Crippen molar-refractivity contribution in [2.24, 2.45) is 0 Å². The van der Waals surface area contributed by atoms with Crippen LogP contribution in [0.3, 0.4) is 0 Å². The van der Waals surface area contributed by atoms with E-state index in [1.807, 2.05) is 0 Å². The summed E-state index contributed by atoms with van der Waals surface area (Å²) in [5, 5.41) is 13.9. The molecule has 7 nitrogen and oxygen atoms in total. The Balaban J connectivity index is 0. The molecule has 3 N–H and O–H groups in total. The maximum atomic E-state index is 10.2. The van der Waals surface area contributed by atoms with Crippen LogP contribution in [-0.4, -0.2) is 68.3 Å². The molecule has 0 saturated heterocycles. The molecule has 0 spiro atoms. The summed E-state index contributed by atoms with van der Waals surface area (Å²) >= 11 is 1.42. The van der Waals surface area contributed by atoms with E-state index in [0.29, 0.717) is 0 Å². The number of carboxylic acid groups (broad SMARTS) is 2. The van der Waals surface area contributed by atoms with Gasteiger partial charge < -0.3 is 10.2 Å². The van der Waals surface area contributed by atoms with Crippen LogP contribution < -0.4 is 0 Å². The van der Waals surface area contributed by atoms with Crippen LogP contribution in [0.25, 0.3) is 0 Å². The maximum Gasteiger partial charge on any atom is 0.325 e. The molecule has 0 aliphatic rings. The summed E-state index contributed by atoms with van der Waals surface area (Å²) in [5.74, 6) is -3.50. The topological polar surface area (TPSA) is 129 Å². The monoisotopic (exact) mass is 460 g/mol. The van der Waals surface area contributed by atoms with Crippen molar-refractivity contribution in [1.29, 1.82) is 0 Å². The summed E-state index contributed by atoms with van der Waals surface area (Å²) in [6.45, 7) is 4.61. The van der Waals surface area contributed by atoms with Gasteiger partial charge >= 0.3 is 140 Å². The average Bonchev–Trinajstić information content (AvgIpc) is 2.65. The van der Waals surface area contributed by atoms with Crippen LogP contribution in [0.4, 0.5) is 0 Å². The second kappa shape index (κ2) is 20.7. The Morgan fingerprint density at radius 2 is 1.17 bits per heavy atom. The second-order valence-electron chi connectivity index (χ2n) is 8.16. The fourth-order valence-corrected chi connectivity index (χ4v) is 4.58. The first-order valence-electron chi connectivity index (χ1n) is 11.5. The van der Waals surface area contributed by atoms with Crippen molar-refractivity contribution in [1.82, 2.24) is 0 Å². The fraction of sp³-hybridized carbons (Fsp3) is 0.905. The molecule has 9 heteroatoms. The normalized spacial score (nSPS) is 13.2. The first-order chi connectivity index (χ1) is 14.1. The third-order valence-corrected chi connectivity index (χ3v) is 7.34. The van der Waals surface area contributed by atoms with Gasteiger partial charge in [-0.1, -0.05) is 6.92 Å². The SMILES string of the molecule is CCCCCCCCCCCC[CH]([Na])CCCC.O=C(O)CC(C(=O)O)S(=O)(=O)O. The van der Waals surface area contributed by atoms with Crippen molar-refractivity contribution >= 4 is 50.0 Å². The number of rotatable bonds is 18. The van der Waals surface area contributed by atoms with Crippen LogP contribution in [0.15, 0.2) is 0 Å². The second-order valence-corrected chi connectivity index (χ2v) is 11.4. The molecule has 2 unspecified atom stereocenters. The Kier molecular flexibility index (Phi) is 22.1. The fourth-order valence-electron chi connectivity index (χ4n) is 3.16. The minimum atomic E-state index is -4.84. The van der Waals surface area contributed by atoms with Gasteiger partial charge in [0.2, 0.25) is 0 Å². The van der Waals surface area contributed by atoms with Crippen molar-refractivity contribution in [3.63, 3.8) is 0 Å². The molecule has 0 aliphatic carbocycles. The van der Waals surface area contributed by atoms with Crippen molar-refractivity contribution < 1.29 is 32.8 Å². The van der Waals surface area contributed by atoms with Gasteiger partial charge in [-0.25, -0.2) is 0 Å². The number of carbonyl (C=O) groups is 2. The van der Waals surface area contributed by atoms with Crippen molar-refractivity contribution in [3.05, 3.63) is 0 Å². The zero-order chi connectivity index (χ0) is 23.4. The van der Waals surface area contributed by atoms with Crippen LogP contribution in [0.5, 0.6) is 0 Å². The molecule has 0 aromatic rings. The summed E-state index contributed by atoms with van der Waals surface area (Å²) in [6.07, 6.45) is 19.5. The average molecular weight is 461 g/mol. The molecule has 2 atom stereocenters. The van der Waals surface area contributed by atoms with Gasteiger partial charge in [0.25, 0.3) is 10.1 Å². The Morgan fingerprint density at radius 1 is 0.767 bits per heavy atom. The predicted molar refractivity (Wildman–Crippen MR) is 121 cm³/mol. The van der Waals surface area contributed by atoms with Gasteiger partial charge in [-0.2, -0.15) is 8.42 Å². The van der Waals surface area contributed by atoms with E-state index in [1.54, 1.807) is 0 Å². The molecule has 0 rings (SSSR count). The first kappa shape index (κ1) is 32.0. The minimum absolute atomic E-state index is 1.11. The van der Waals surface area contributed by atoms with E-state index in [4.69, 9.17) is 14.8 Å². The molecule has 0 amide bonds. The van der Waals surface area contributed by atoms with Crippen LogP contribution in [0, 0.1) is 0 Å². The first-order valence-corrected chi connectivity index (χ1v) is 14.1. The van der Waals surface area contributed by atoms with Crippen molar-refractivity contribution in [2.75, 3.05) is 0 Å². The predicted octanol–water partition coefficient (Wildman–Crippen LogP) is 5.25. The van der Waals surface area contributed by atoms with Crippen LogP contribution in [-0.2, 0) is 19.7 Å². The summed E-state index contributed by atoms with van der Waals surface area (Å²) in [4.78, 5) is 20.0. The van der Waals surface area contributed by atoms with E-state index in [1.165, 1.54) is 118 Å². The van der Waals surface area contributed by atoms with Crippen LogP contribution in [0.1, 0.15) is 110 Å². The number of unbranched alkanes of at least 4 members (excludes halogenated alkanes) is 10. The number of hydrogen-bond acceptors (Lipinski definition) is 4. The van der Waals surface area contributed by atoms with Gasteiger partial charge in [0, 0.05) is 0 Å². The Morgan fingerprint density at radius 3 is 1.50 bits per heavy atom. The van der Waals surface area contributed by atoms with E-state index in [0.717, 1.165) is 3.17 Å². The molecule has 0 radical (unpaired) electrons. The van der Waals surface area contributed by atoms with Gasteiger partial charge in [0.15, 0.2) is 5.25 Å². The molecule has 0 aliphatic heterocycles. The standard InChI is InChI=1S/C17H35.C4H6O7S.Na/c1-3-5-7-9-11-13-15-17-16-14-12-10-8-6-4-2;5-3(6)1-2(4(7)8)12(9,10)11;/h9H,3-8,10-17H2,1-2H3;2H,1H2,(H,5,6)(H,7,8)(H,9,10,11);. The maximum absolute atomic E-state index is 10.2. The van der Waals surface area contributed by atoms with Gasteiger partial charge in [-0.3, -0.25) is 14.1 Å². The van der Waals surface area contributed by atoms with E-state index in [2.05, 4.69) is 13.8 Å². The Hall–Kier alpha value is -0.150. The third kappa shape index (κ3) is 22.5. The molecule has 0 saturated carbocycles. The molecule has 0 bridgehead atoms. The number of aliphatic carboxylic acids is 2. The Bertz CT molecular complexity index is 537. The van der Waals surface area contributed by atoms with Gasteiger partial charge in [0.05, 0.1) is 6.42 Å². The quantitative estimate of drug-likeness (QED) is 0.145. The molecule has 0 aromatic heterocycles. The molecule has 0 aromatic carbocycles. The summed E-state index contributed by atoms with van der Waals surface area (Å²) in [5.41, 5.74) is 0. The largest absolute Gasteiger partial charge is 0.481 e. The number of carboxylic acids is 2.